The summed E-state index contributed by atoms with van der Waals surface area (Å²) in [5.41, 5.74) is 0. The van der Waals surface area contributed by atoms with E-state index in [0.717, 1.165) is 3.87 Å². The van der Waals surface area contributed by atoms with Crippen LogP contribution in [-0.4, -0.2) is 37.2 Å². The molecule has 1 aromatic rings. The molecule has 36 valence electrons. The first-order valence-electron chi connectivity index (χ1n) is 1.70. The van der Waals surface area contributed by atoms with Gasteiger partial charge < -0.3 is 0 Å². The molecule has 0 saturated heterocycles. The Morgan fingerprint density at radius 1 is 1.29 bits per heavy atom. The van der Waals surface area contributed by atoms with Crippen molar-refractivity contribution < 1.29 is 0 Å². The zero-order valence-corrected chi connectivity index (χ0v) is 6.00. The third-order valence-corrected chi connectivity index (χ3v) is 1.14. The van der Waals surface area contributed by atoms with E-state index in [0.29, 0.717) is 0 Å². The van der Waals surface area contributed by atoms with Crippen molar-refractivity contribution >= 4 is 26.2 Å². The molecule has 1 aromatic heterocycles. The molecule has 0 radical (unpaired) electrons. The van der Waals surface area contributed by atoms with Crippen molar-refractivity contribution in [2.45, 2.75) is 0 Å². The summed E-state index contributed by atoms with van der Waals surface area (Å²) in [5, 5.41) is 0. The van der Waals surface area contributed by atoms with E-state index in [1.807, 2.05) is 0 Å². The summed E-state index contributed by atoms with van der Waals surface area (Å²) < 4.78 is 0.809. The molecule has 0 aliphatic heterocycles. The van der Waals surface area contributed by atoms with Gasteiger partial charge in [0.05, 0.1) is 0 Å². The first-order valence-corrected chi connectivity index (χ1v) is 2.98. The second-order valence-electron chi connectivity index (χ2n) is 0.938. The number of nitrogens with zero attached hydrogens (tertiary/aromatic N) is 3. The fraction of sp³-hybridized carbons (Fsp3) is 0. The monoisotopic (exact) mass is 211 g/mol. The summed E-state index contributed by atoms with van der Waals surface area (Å²) in [6.45, 7) is 0. The van der Waals surface area contributed by atoms with Crippen molar-refractivity contribution in [1.29, 1.82) is 0 Å². The predicted octanol–water partition coefficient (Wildman–Crippen LogP) is -1.60. The number of aromatic nitrogens is 3. The van der Waals surface area contributed by atoms with Gasteiger partial charge in [-0.25, -0.2) is 0 Å². The molecule has 0 aliphatic rings. The van der Waals surface area contributed by atoms with Gasteiger partial charge in [-0.1, -0.05) is 0 Å². The molecular weight excluding hydrogens is 206 g/mol. The van der Waals surface area contributed by atoms with Crippen LogP contribution in [0.15, 0.2) is 12.7 Å². The molecule has 0 spiro atoms. The van der Waals surface area contributed by atoms with E-state index >= 15 is 0 Å². The molecule has 1 heterocycles. The zero-order chi connectivity index (χ0) is 5.11. The Kier molecular flexibility index (Phi) is 1.55. The fourth-order valence-corrected chi connectivity index (χ4v) is 0.528. The zero-order valence-electron chi connectivity index (χ0n) is 3.44. The number of hydrogen-bond donors (Lipinski definition) is 0. The Balaban J connectivity index is 3.02. The first kappa shape index (κ1) is 4.95. The Morgan fingerprint density at radius 3 is 2.14 bits per heavy atom. The van der Waals surface area contributed by atoms with Crippen LogP contribution >= 0.6 is 0 Å². The average Bonchev–Trinajstić information content (AvgIpc) is 1.69. The second kappa shape index (κ2) is 2.20. The number of hydrogen-bond acceptors (Lipinski definition) is 3. The van der Waals surface area contributed by atoms with Crippen molar-refractivity contribution in [2.24, 2.45) is 0 Å². The molecular formula is C3H3N3Te. The summed E-state index contributed by atoms with van der Waals surface area (Å²) in [7, 11) is 0. The van der Waals surface area contributed by atoms with E-state index in [1.165, 1.54) is 34.9 Å². The van der Waals surface area contributed by atoms with Crippen LogP contribution in [0.4, 0.5) is 0 Å². The van der Waals surface area contributed by atoms with Crippen LogP contribution in [0.2, 0.25) is 0 Å². The van der Waals surface area contributed by atoms with Gasteiger partial charge in [-0.2, -0.15) is 0 Å². The third kappa shape index (κ3) is 1.38. The molecule has 0 amide bonds. The Hall–Kier alpha value is -0.200. The van der Waals surface area contributed by atoms with Crippen LogP contribution in [0.5, 0.6) is 0 Å². The molecule has 3 nitrogen and oxygen atoms in total. The molecule has 0 fully saturated rings. The Labute approximate surface area is 54.1 Å². The molecule has 0 atom stereocenters. The fourth-order valence-electron chi connectivity index (χ4n) is 0.233. The van der Waals surface area contributed by atoms with Gasteiger partial charge in [0.2, 0.25) is 0 Å². The van der Waals surface area contributed by atoms with Gasteiger partial charge in [0.1, 0.15) is 0 Å². The molecule has 0 bridgehead atoms. The molecule has 0 saturated carbocycles. The summed E-state index contributed by atoms with van der Waals surface area (Å²) >= 11 is 1.49. The molecule has 0 aliphatic carbocycles. The first-order chi connectivity index (χ1) is 3.39. The van der Waals surface area contributed by atoms with Gasteiger partial charge >= 0.3 is 53.8 Å². The topological polar surface area (TPSA) is 38.7 Å². The van der Waals surface area contributed by atoms with Crippen LogP contribution < -0.4 is 3.87 Å². The van der Waals surface area contributed by atoms with Gasteiger partial charge in [-0.05, 0) is 0 Å². The van der Waals surface area contributed by atoms with Crippen LogP contribution in [0.1, 0.15) is 0 Å². The van der Waals surface area contributed by atoms with Crippen LogP contribution in [0.3, 0.4) is 0 Å². The predicted molar refractivity (Wildman–Crippen MR) is 26.6 cm³/mol. The van der Waals surface area contributed by atoms with Crippen LogP contribution in [-0.2, 0) is 0 Å². The van der Waals surface area contributed by atoms with E-state index in [1.54, 1.807) is 0 Å². The average molecular weight is 209 g/mol. The van der Waals surface area contributed by atoms with E-state index < -0.39 is 0 Å². The van der Waals surface area contributed by atoms with Crippen molar-refractivity contribution in [3.05, 3.63) is 12.7 Å². The van der Waals surface area contributed by atoms with Gasteiger partial charge in [0.25, 0.3) is 0 Å². The van der Waals surface area contributed by atoms with Crippen LogP contribution in [0, 0.1) is 0 Å². The minimum absolute atomic E-state index is 0.809. The molecule has 0 unspecified atom stereocenters. The Morgan fingerprint density at radius 2 is 1.86 bits per heavy atom. The minimum atomic E-state index is 0.809. The molecule has 1 rings (SSSR count). The van der Waals surface area contributed by atoms with E-state index in [-0.39, 0.29) is 0 Å². The van der Waals surface area contributed by atoms with E-state index in [2.05, 4.69) is 15.0 Å². The molecule has 0 N–H and O–H groups in total. The van der Waals surface area contributed by atoms with Gasteiger partial charge in [-0.15, -0.1) is 0 Å². The Bertz CT molecular complexity index is 140. The summed E-state index contributed by atoms with van der Waals surface area (Å²) in [5.74, 6) is 0. The van der Waals surface area contributed by atoms with E-state index in [9.17, 15) is 0 Å². The van der Waals surface area contributed by atoms with E-state index in [4.69, 9.17) is 0 Å². The van der Waals surface area contributed by atoms with Gasteiger partial charge in [0, 0.05) is 0 Å². The second-order valence-corrected chi connectivity index (χ2v) is 2.08. The maximum absolute atomic E-state index is 3.78. The van der Waals surface area contributed by atoms with Crippen molar-refractivity contribution in [1.82, 2.24) is 15.0 Å². The molecule has 7 heavy (non-hydrogen) atoms. The normalized spacial score (nSPS) is 8.71. The van der Waals surface area contributed by atoms with Crippen molar-refractivity contribution in [3.63, 3.8) is 0 Å². The molecule has 4 heteroatoms. The number of rotatable bonds is 0. The summed E-state index contributed by atoms with van der Waals surface area (Å²) in [4.78, 5) is 11.2. The van der Waals surface area contributed by atoms with Crippen molar-refractivity contribution in [2.75, 3.05) is 0 Å². The van der Waals surface area contributed by atoms with Crippen LogP contribution in [0.25, 0.3) is 0 Å². The molecule has 0 aromatic carbocycles. The standard InChI is InChI=1S/C3H3N3Te/c7-3-5-1-4-2-6-3/h1-2H,(H,4,5,6,7). The maximum atomic E-state index is 3.78. The quantitative estimate of drug-likeness (QED) is 0.482. The summed E-state index contributed by atoms with van der Waals surface area (Å²) in [6, 6.07) is 0. The SMILES string of the molecule is [TeH]c1ncncn1. The van der Waals surface area contributed by atoms with Crippen molar-refractivity contribution in [3.8, 4) is 0 Å². The third-order valence-electron chi connectivity index (χ3n) is 0.480. The van der Waals surface area contributed by atoms with Gasteiger partial charge in [-0.3, -0.25) is 0 Å². The van der Waals surface area contributed by atoms with Gasteiger partial charge in [0.15, 0.2) is 0 Å². The summed E-state index contributed by atoms with van der Waals surface area (Å²) in [6.07, 6.45) is 2.97.